The normalized spacial score (nSPS) is 15.1. The molecule has 0 unspecified atom stereocenters. The van der Waals surface area contributed by atoms with Crippen LogP contribution in [0.2, 0.25) is 0 Å². The van der Waals surface area contributed by atoms with Crippen molar-refractivity contribution in [3.05, 3.63) is 53.6 Å². The van der Waals surface area contributed by atoms with Gasteiger partial charge in [-0.3, -0.25) is 9.10 Å². The summed E-state index contributed by atoms with van der Waals surface area (Å²) >= 11 is 0. The van der Waals surface area contributed by atoms with Gasteiger partial charge in [0, 0.05) is 37.6 Å². The number of hydrogen-bond acceptors (Lipinski definition) is 5. The summed E-state index contributed by atoms with van der Waals surface area (Å²) in [6.07, 6.45) is 1.12. The lowest BCUT2D eigenvalue weighted by atomic mass is 10.1. The van der Waals surface area contributed by atoms with Gasteiger partial charge in [0.25, 0.3) is 0 Å². The van der Waals surface area contributed by atoms with Gasteiger partial charge < -0.3 is 15.1 Å². The van der Waals surface area contributed by atoms with E-state index in [1.807, 2.05) is 50.2 Å². The molecule has 1 saturated heterocycles. The molecule has 1 N–H and O–H groups in total. The Bertz CT molecular complexity index is 998. The minimum absolute atomic E-state index is 0.275. The van der Waals surface area contributed by atoms with Crippen LogP contribution < -0.4 is 14.5 Å². The predicted octanol–water partition coefficient (Wildman–Crippen LogP) is 2.46. The molecule has 3 rings (SSSR count). The van der Waals surface area contributed by atoms with E-state index in [9.17, 15) is 13.2 Å². The summed E-state index contributed by atoms with van der Waals surface area (Å²) in [6.45, 7) is 7.51. The summed E-state index contributed by atoms with van der Waals surface area (Å²) in [5.41, 5.74) is 4.13. The van der Waals surface area contributed by atoms with Crippen LogP contribution in [0.25, 0.3) is 0 Å². The van der Waals surface area contributed by atoms with Crippen molar-refractivity contribution >= 4 is 33.0 Å². The number of nitrogens with one attached hydrogen (secondary N) is 1. The fourth-order valence-electron chi connectivity index (χ4n) is 3.62. The van der Waals surface area contributed by atoms with Crippen molar-refractivity contribution in [1.29, 1.82) is 0 Å². The molecule has 0 spiro atoms. The number of carbonyl (C=O) groups excluding carboxylic acids is 1. The van der Waals surface area contributed by atoms with Crippen molar-refractivity contribution in [3.63, 3.8) is 0 Å². The van der Waals surface area contributed by atoms with E-state index >= 15 is 0 Å². The van der Waals surface area contributed by atoms with Crippen LogP contribution in [-0.4, -0.2) is 65.3 Å². The lowest BCUT2D eigenvalue weighted by Crippen LogP contribution is -2.44. The molecule has 0 atom stereocenters. The second kappa shape index (κ2) is 9.06. The average Bonchev–Trinajstić information content (AvgIpc) is 2.67. The molecule has 8 heteroatoms. The molecule has 0 aliphatic carbocycles. The third-order valence-corrected chi connectivity index (χ3v) is 6.45. The van der Waals surface area contributed by atoms with Crippen molar-refractivity contribution < 1.29 is 13.2 Å². The van der Waals surface area contributed by atoms with Crippen molar-refractivity contribution in [1.82, 2.24) is 4.90 Å². The molecular weight excluding hydrogens is 400 g/mol. The third-order valence-electron chi connectivity index (χ3n) is 5.33. The van der Waals surface area contributed by atoms with Gasteiger partial charge in [-0.25, -0.2) is 8.42 Å². The van der Waals surface area contributed by atoms with E-state index in [0.29, 0.717) is 11.4 Å². The van der Waals surface area contributed by atoms with Crippen molar-refractivity contribution in [3.8, 4) is 0 Å². The second-order valence-electron chi connectivity index (χ2n) is 7.94. The summed E-state index contributed by atoms with van der Waals surface area (Å²) < 4.78 is 25.8. The van der Waals surface area contributed by atoms with E-state index < -0.39 is 10.0 Å². The van der Waals surface area contributed by atoms with Gasteiger partial charge in [0.1, 0.15) is 6.54 Å². The molecule has 2 aromatic carbocycles. The number of benzene rings is 2. The zero-order chi connectivity index (χ0) is 21.9. The molecule has 1 aliphatic rings. The van der Waals surface area contributed by atoms with Crippen LogP contribution in [0.4, 0.5) is 17.1 Å². The molecule has 162 valence electrons. The zero-order valence-corrected chi connectivity index (χ0v) is 18.9. The number of hydrogen-bond donors (Lipinski definition) is 1. The first-order chi connectivity index (χ1) is 14.1. The predicted molar refractivity (Wildman–Crippen MR) is 123 cm³/mol. The topological polar surface area (TPSA) is 73.0 Å². The minimum Gasteiger partial charge on any atom is -0.369 e. The fraction of sp³-hybridized carbons (Fsp3) is 0.409. The summed E-state index contributed by atoms with van der Waals surface area (Å²) in [7, 11) is -1.49. The molecule has 2 aromatic rings. The Morgan fingerprint density at radius 3 is 2.23 bits per heavy atom. The molecule has 1 aliphatic heterocycles. The average molecular weight is 431 g/mol. The highest BCUT2D eigenvalue weighted by atomic mass is 32.2. The van der Waals surface area contributed by atoms with Gasteiger partial charge in [0.15, 0.2) is 0 Å². The van der Waals surface area contributed by atoms with Gasteiger partial charge in [0.2, 0.25) is 15.9 Å². The van der Waals surface area contributed by atoms with Crippen molar-refractivity contribution in [2.75, 3.05) is 60.5 Å². The molecule has 1 amide bonds. The number of likely N-dealkylation sites (N-methyl/N-ethyl adjacent to an activating group) is 1. The van der Waals surface area contributed by atoms with Crippen LogP contribution in [0.5, 0.6) is 0 Å². The maximum Gasteiger partial charge on any atom is 0.245 e. The molecule has 7 nitrogen and oxygen atoms in total. The Morgan fingerprint density at radius 1 is 1.03 bits per heavy atom. The summed E-state index contributed by atoms with van der Waals surface area (Å²) in [5.74, 6) is -0.382. The van der Waals surface area contributed by atoms with E-state index in [2.05, 4.69) is 22.2 Å². The quantitative estimate of drug-likeness (QED) is 0.762. The number of nitrogens with zero attached hydrogens (tertiary/aromatic N) is 3. The molecule has 30 heavy (non-hydrogen) atoms. The number of aryl methyl sites for hydroxylation is 2. The highest BCUT2D eigenvalue weighted by molar-refractivity contribution is 7.92. The van der Waals surface area contributed by atoms with Crippen LogP contribution in [0, 0.1) is 13.8 Å². The number of sulfonamides is 1. The number of piperazine rings is 1. The van der Waals surface area contributed by atoms with Crippen molar-refractivity contribution in [2.45, 2.75) is 13.8 Å². The van der Waals surface area contributed by atoms with E-state index in [4.69, 9.17) is 0 Å². The summed E-state index contributed by atoms with van der Waals surface area (Å²) in [4.78, 5) is 17.2. The lowest BCUT2D eigenvalue weighted by molar-refractivity contribution is -0.114. The number of rotatable bonds is 6. The van der Waals surface area contributed by atoms with E-state index in [1.54, 1.807) is 6.07 Å². The molecule has 1 fully saturated rings. The Labute approximate surface area is 179 Å². The second-order valence-corrected chi connectivity index (χ2v) is 9.85. The maximum atomic E-state index is 12.6. The van der Waals surface area contributed by atoms with Gasteiger partial charge in [0.05, 0.1) is 11.9 Å². The van der Waals surface area contributed by atoms with Gasteiger partial charge in [-0.1, -0.05) is 17.7 Å². The first-order valence-electron chi connectivity index (χ1n) is 10.0. The first-order valence-corrected chi connectivity index (χ1v) is 11.9. The highest BCUT2D eigenvalue weighted by Crippen LogP contribution is 2.24. The smallest absolute Gasteiger partial charge is 0.245 e. The monoisotopic (exact) mass is 430 g/mol. The largest absolute Gasteiger partial charge is 0.369 e. The van der Waals surface area contributed by atoms with Crippen LogP contribution in [0.1, 0.15) is 11.1 Å². The van der Waals surface area contributed by atoms with E-state index in [1.165, 1.54) is 0 Å². The maximum absolute atomic E-state index is 12.6. The van der Waals surface area contributed by atoms with Crippen LogP contribution in [0.3, 0.4) is 0 Å². The molecule has 1 heterocycles. The Kier molecular flexibility index (Phi) is 6.67. The van der Waals surface area contributed by atoms with Gasteiger partial charge >= 0.3 is 0 Å². The fourth-order valence-corrected chi connectivity index (χ4v) is 4.53. The number of anilines is 3. The third kappa shape index (κ3) is 5.52. The molecule has 0 saturated carbocycles. The zero-order valence-electron chi connectivity index (χ0n) is 18.1. The van der Waals surface area contributed by atoms with E-state index in [-0.39, 0.29) is 12.5 Å². The number of amides is 1. The molecular formula is C22H30N4O3S. The van der Waals surface area contributed by atoms with Crippen molar-refractivity contribution in [2.24, 2.45) is 0 Å². The Balaban J connectivity index is 1.68. The van der Waals surface area contributed by atoms with Crippen LogP contribution in [0.15, 0.2) is 42.5 Å². The first kappa shape index (κ1) is 22.1. The molecule has 0 aromatic heterocycles. The van der Waals surface area contributed by atoms with Crippen LogP contribution >= 0.6 is 0 Å². The SMILES string of the molecule is Cc1ccc(N(CC(=O)Nc2ccc(N3CCN(C)CC3)cc2)S(C)(=O)=O)c(C)c1. The van der Waals surface area contributed by atoms with Crippen LogP contribution in [-0.2, 0) is 14.8 Å². The Morgan fingerprint density at radius 2 is 1.67 bits per heavy atom. The summed E-state index contributed by atoms with van der Waals surface area (Å²) in [6, 6.07) is 13.2. The standard InChI is InChI=1S/C22H30N4O3S/c1-17-5-10-21(18(2)15-17)26(30(4,28)29)16-22(27)23-19-6-8-20(9-7-19)25-13-11-24(3)12-14-25/h5-10,15H,11-14,16H2,1-4H3,(H,23,27). The van der Waals surface area contributed by atoms with Gasteiger partial charge in [-0.15, -0.1) is 0 Å². The minimum atomic E-state index is -3.60. The lowest BCUT2D eigenvalue weighted by Gasteiger charge is -2.34. The molecule has 0 radical (unpaired) electrons. The Hall–Kier alpha value is -2.58. The molecule has 0 bridgehead atoms. The van der Waals surface area contributed by atoms with E-state index in [0.717, 1.165) is 53.6 Å². The van der Waals surface area contributed by atoms with Gasteiger partial charge in [-0.05, 0) is 56.8 Å². The highest BCUT2D eigenvalue weighted by Gasteiger charge is 2.22. The number of carbonyl (C=O) groups is 1. The van der Waals surface area contributed by atoms with Gasteiger partial charge in [-0.2, -0.15) is 0 Å². The summed E-state index contributed by atoms with van der Waals surface area (Å²) in [5, 5.41) is 2.81.